The lowest BCUT2D eigenvalue weighted by atomic mass is 9.98. The number of rotatable bonds is 1. The van der Waals surface area contributed by atoms with E-state index < -0.39 is 0 Å². The van der Waals surface area contributed by atoms with E-state index >= 15 is 0 Å². The first kappa shape index (κ1) is 11.7. The molecule has 0 aromatic heterocycles. The van der Waals surface area contributed by atoms with Crippen LogP contribution in [0, 0.1) is 6.92 Å². The van der Waals surface area contributed by atoms with E-state index in [2.05, 4.69) is 56.9 Å². The zero-order valence-corrected chi connectivity index (χ0v) is 11.0. The minimum absolute atomic E-state index is 0.284. The normalized spacial score (nSPS) is 22.6. The largest absolute Gasteiger partial charge is 0.291 e. The molecule has 0 N–H and O–H groups in total. The Morgan fingerprint density at radius 2 is 1.75 bits per heavy atom. The summed E-state index contributed by atoms with van der Waals surface area (Å²) in [4.78, 5) is 2.64. The molecule has 0 bridgehead atoms. The Kier molecular flexibility index (Phi) is 3.07. The molecule has 0 radical (unpaired) electrons. The first-order valence-electron chi connectivity index (χ1n) is 6.32. The Bertz CT molecular complexity index is 345. The third kappa shape index (κ3) is 2.30. The van der Waals surface area contributed by atoms with Crippen molar-refractivity contribution in [3.05, 3.63) is 35.4 Å². The highest BCUT2D eigenvalue weighted by Crippen LogP contribution is 2.37. The van der Waals surface area contributed by atoms with Crippen LogP contribution in [0.4, 0.5) is 0 Å². The molecule has 0 amide bonds. The van der Waals surface area contributed by atoms with Crippen LogP contribution in [0.1, 0.15) is 50.8 Å². The molecule has 0 saturated carbocycles. The molecule has 1 fully saturated rings. The predicted molar refractivity (Wildman–Crippen MR) is 69.6 cm³/mol. The van der Waals surface area contributed by atoms with Gasteiger partial charge in [-0.3, -0.25) is 4.90 Å². The molecule has 16 heavy (non-hydrogen) atoms. The molecule has 0 aliphatic carbocycles. The topological polar surface area (TPSA) is 3.24 Å². The smallest absolute Gasteiger partial charge is 0.0353 e. The Morgan fingerprint density at radius 3 is 2.31 bits per heavy atom. The highest BCUT2D eigenvalue weighted by Gasteiger charge is 2.33. The maximum Gasteiger partial charge on any atom is 0.0353 e. The van der Waals surface area contributed by atoms with Crippen LogP contribution >= 0.6 is 0 Å². The maximum atomic E-state index is 2.64. The van der Waals surface area contributed by atoms with Crippen LogP contribution in [-0.4, -0.2) is 17.0 Å². The Balaban J connectivity index is 2.23. The van der Waals surface area contributed by atoms with Gasteiger partial charge in [0.2, 0.25) is 0 Å². The summed E-state index contributed by atoms with van der Waals surface area (Å²) in [6.45, 7) is 10.3. The molecular formula is C15H23N. The van der Waals surface area contributed by atoms with Gasteiger partial charge in [0.25, 0.3) is 0 Å². The third-order valence-corrected chi connectivity index (χ3v) is 3.58. The molecule has 1 aliphatic heterocycles. The molecule has 1 aliphatic rings. The zero-order valence-electron chi connectivity index (χ0n) is 11.0. The first-order valence-corrected chi connectivity index (χ1v) is 6.32. The molecule has 1 heteroatoms. The van der Waals surface area contributed by atoms with Gasteiger partial charge in [-0.2, -0.15) is 0 Å². The fraction of sp³-hybridized carbons (Fsp3) is 0.600. The van der Waals surface area contributed by atoms with E-state index in [4.69, 9.17) is 0 Å². The predicted octanol–water partition coefficient (Wildman–Crippen LogP) is 3.93. The molecule has 1 atom stereocenters. The Morgan fingerprint density at radius 1 is 1.12 bits per heavy atom. The van der Waals surface area contributed by atoms with Crippen LogP contribution in [-0.2, 0) is 0 Å². The minimum atomic E-state index is 0.284. The molecule has 1 unspecified atom stereocenters. The summed E-state index contributed by atoms with van der Waals surface area (Å²) in [5.74, 6) is 0. The van der Waals surface area contributed by atoms with Crippen molar-refractivity contribution >= 4 is 0 Å². The quantitative estimate of drug-likeness (QED) is 0.689. The van der Waals surface area contributed by atoms with Crippen molar-refractivity contribution in [3.63, 3.8) is 0 Å². The summed E-state index contributed by atoms with van der Waals surface area (Å²) in [5.41, 5.74) is 3.12. The second-order valence-electron chi connectivity index (χ2n) is 5.93. The summed E-state index contributed by atoms with van der Waals surface area (Å²) < 4.78 is 0. The van der Waals surface area contributed by atoms with Crippen LogP contribution in [0.3, 0.4) is 0 Å². The van der Waals surface area contributed by atoms with Crippen molar-refractivity contribution < 1.29 is 0 Å². The molecule has 1 aromatic carbocycles. The number of hydrogen-bond acceptors (Lipinski definition) is 1. The van der Waals surface area contributed by atoms with Gasteiger partial charge in [-0.1, -0.05) is 29.8 Å². The second kappa shape index (κ2) is 4.21. The van der Waals surface area contributed by atoms with Gasteiger partial charge in [-0.25, -0.2) is 0 Å². The Hall–Kier alpha value is -0.820. The van der Waals surface area contributed by atoms with E-state index in [1.54, 1.807) is 0 Å². The summed E-state index contributed by atoms with van der Waals surface area (Å²) in [7, 11) is 0. The molecule has 88 valence electrons. The Labute approximate surface area is 99.5 Å². The molecule has 0 spiro atoms. The monoisotopic (exact) mass is 217 g/mol. The molecule has 1 saturated heterocycles. The van der Waals surface area contributed by atoms with E-state index in [-0.39, 0.29) is 5.54 Å². The van der Waals surface area contributed by atoms with Gasteiger partial charge in [0.15, 0.2) is 0 Å². The van der Waals surface area contributed by atoms with Crippen LogP contribution < -0.4 is 0 Å². The fourth-order valence-corrected chi connectivity index (χ4v) is 2.70. The average molecular weight is 217 g/mol. The summed E-state index contributed by atoms with van der Waals surface area (Å²) in [6, 6.07) is 9.68. The molecule has 2 rings (SSSR count). The molecule has 1 heterocycles. The van der Waals surface area contributed by atoms with Crippen LogP contribution in [0.5, 0.6) is 0 Å². The second-order valence-corrected chi connectivity index (χ2v) is 5.93. The van der Waals surface area contributed by atoms with E-state index in [9.17, 15) is 0 Å². The van der Waals surface area contributed by atoms with Gasteiger partial charge in [0, 0.05) is 11.6 Å². The fourth-order valence-electron chi connectivity index (χ4n) is 2.70. The number of hydrogen-bond donors (Lipinski definition) is 0. The van der Waals surface area contributed by atoms with E-state index in [0.29, 0.717) is 6.04 Å². The van der Waals surface area contributed by atoms with Crippen molar-refractivity contribution in [3.8, 4) is 0 Å². The van der Waals surface area contributed by atoms with E-state index in [0.717, 1.165) is 0 Å². The van der Waals surface area contributed by atoms with Crippen molar-refractivity contribution in [1.29, 1.82) is 0 Å². The number of aryl methyl sites for hydroxylation is 1. The highest BCUT2D eigenvalue weighted by molar-refractivity contribution is 5.25. The molecular weight excluding hydrogens is 194 g/mol. The maximum absolute atomic E-state index is 2.64. The molecule has 1 aromatic rings. The average Bonchev–Trinajstić information content (AvgIpc) is 2.66. The van der Waals surface area contributed by atoms with E-state index in [1.165, 1.54) is 30.5 Å². The van der Waals surface area contributed by atoms with Crippen LogP contribution in [0.2, 0.25) is 0 Å². The van der Waals surface area contributed by atoms with Crippen molar-refractivity contribution in [2.45, 2.75) is 52.1 Å². The lowest BCUT2D eigenvalue weighted by Gasteiger charge is -2.37. The van der Waals surface area contributed by atoms with Gasteiger partial charge in [-0.05, 0) is 52.6 Å². The molecule has 1 nitrogen and oxygen atoms in total. The van der Waals surface area contributed by atoms with Crippen molar-refractivity contribution in [2.75, 3.05) is 6.54 Å². The van der Waals surface area contributed by atoms with Crippen LogP contribution in [0.15, 0.2) is 24.3 Å². The van der Waals surface area contributed by atoms with Gasteiger partial charge < -0.3 is 0 Å². The summed E-state index contributed by atoms with van der Waals surface area (Å²) in [6.07, 6.45) is 2.64. The number of benzene rings is 1. The standard InChI is InChI=1S/C15H23N/c1-12-7-9-13(10-8-12)14-6-5-11-16(14)15(2,3)4/h7-10,14H,5-6,11H2,1-4H3. The van der Waals surface area contributed by atoms with Gasteiger partial charge >= 0.3 is 0 Å². The lowest BCUT2D eigenvalue weighted by Crippen LogP contribution is -2.40. The first-order chi connectivity index (χ1) is 7.48. The number of nitrogens with zero attached hydrogens (tertiary/aromatic N) is 1. The van der Waals surface area contributed by atoms with E-state index in [1.807, 2.05) is 0 Å². The highest BCUT2D eigenvalue weighted by atomic mass is 15.2. The van der Waals surface area contributed by atoms with Gasteiger partial charge in [0.05, 0.1) is 0 Å². The van der Waals surface area contributed by atoms with Crippen molar-refractivity contribution in [2.24, 2.45) is 0 Å². The van der Waals surface area contributed by atoms with Gasteiger partial charge in [-0.15, -0.1) is 0 Å². The third-order valence-electron chi connectivity index (χ3n) is 3.58. The SMILES string of the molecule is Cc1ccc(C2CCCN2C(C)(C)C)cc1. The number of likely N-dealkylation sites (tertiary alicyclic amines) is 1. The summed E-state index contributed by atoms with van der Waals surface area (Å²) in [5, 5.41) is 0. The zero-order chi connectivity index (χ0) is 11.8. The minimum Gasteiger partial charge on any atom is -0.291 e. The van der Waals surface area contributed by atoms with Crippen molar-refractivity contribution in [1.82, 2.24) is 4.90 Å². The summed E-state index contributed by atoms with van der Waals surface area (Å²) >= 11 is 0. The lowest BCUT2D eigenvalue weighted by molar-refractivity contribution is 0.121. The van der Waals surface area contributed by atoms with Crippen LogP contribution in [0.25, 0.3) is 0 Å². The van der Waals surface area contributed by atoms with Gasteiger partial charge in [0.1, 0.15) is 0 Å².